The first-order valence-electron chi connectivity index (χ1n) is 12.9. The highest BCUT2D eigenvalue weighted by Crippen LogP contribution is 2.39. The van der Waals surface area contributed by atoms with Crippen LogP contribution in [0.3, 0.4) is 0 Å². The van der Waals surface area contributed by atoms with Crippen molar-refractivity contribution >= 4 is 23.2 Å². The minimum atomic E-state index is -0.134. The summed E-state index contributed by atoms with van der Waals surface area (Å²) >= 11 is 1.76. The van der Waals surface area contributed by atoms with Gasteiger partial charge >= 0.3 is 0 Å². The Kier molecular flexibility index (Phi) is 9.36. The number of amides is 2. The number of hydrogen-bond acceptors (Lipinski definition) is 5. The third-order valence-corrected chi connectivity index (χ3v) is 7.88. The van der Waals surface area contributed by atoms with E-state index in [-0.39, 0.29) is 30.8 Å². The number of rotatable bonds is 11. The van der Waals surface area contributed by atoms with Crippen LogP contribution in [0.1, 0.15) is 46.5 Å². The summed E-state index contributed by atoms with van der Waals surface area (Å²) in [4.78, 5) is 32.2. The molecule has 0 aliphatic carbocycles. The highest BCUT2D eigenvalue weighted by molar-refractivity contribution is 7.10. The second kappa shape index (κ2) is 12.9. The smallest absolute Gasteiger partial charge is 0.242 e. The van der Waals surface area contributed by atoms with E-state index in [1.807, 2.05) is 48.2 Å². The minimum Gasteiger partial charge on any atom is -0.497 e. The third kappa shape index (κ3) is 6.59. The fourth-order valence-corrected chi connectivity index (χ4v) is 5.80. The van der Waals surface area contributed by atoms with Crippen LogP contribution in [0.25, 0.3) is 0 Å². The van der Waals surface area contributed by atoms with Crippen molar-refractivity contribution in [2.45, 2.75) is 39.2 Å². The molecule has 2 heterocycles. The fourth-order valence-electron chi connectivity index (χ4n) is 4.89. The summed E-state index contributed by atoms with van der Waals surface area (Å²) in [5.41, 5.74) is 4.40. The molecule has 0 radical (unpaired) electrons. The van der Waals surface area contributed by atoms with Crippen molar-refractivity contribution in [2.24, 2.45) is 0 Å². The summed E-state index contributed by atoms with van der Waals surface area (Å²) in [5.74, 6) is 0.667. The van der Waals surface area contributed by atoms with Crippen LogP contribution in [-0.4, -0.2) is 61.6 Å². The van der Waals surface area contributed by atoms with Crippen LogP contribution in [-0.2, 0) is 27.2 Å². The Morgan fingerprint density at radius 3 is 2.59 bits per heavy atom. The van der Waals surface area contributed by atoms with Gasteiger partial charge in [0.25, 0.3) is 0 Å². The van der Waals surface area contributed by atoms with E-state index in [1.54, 1.807) is 23.3 Å². The van der Waals surface area contributed by atoms with E-state index < -0.39 is 0 Å². The predicted octanol–water partition coefficient (Wildman–Crippen LogP) is 5.04. The lowest BCUT2D eigenvalue weighted by Crippen LogP contribution is -2.47. The van der Waals surface area contributed by atoms with Gasteiger partial charge in [-0.3, -0.25) is 9.59 Å². The van der Waals surface area contributed by atoms with Crippen molar-refractivity contribution in [3.8, 4) is 5.75 Å². The molecule has 1 atom stereocenters. The van der Waals surface area contributed by atoms with Gasteiger partial charge < -0.3 is 19.3 Å². The molecule has 6 nitrogen and oxygen atoms in total. The molecule has 0 N–H and O–H groups in total. The van der Waals surface area contributed by atoms with Gasteiger partial charge in [0.1, 0.15) is 5.75 Å². The number of aryl methyl sites for hydroxylation is 1. The Bertz CT molecular complexity index is 1190. The monoisotopic (exact) mass is 520 g/mol. The maximum atomic E-state index is 13.9. The average Bonchev–Trinajstić information content (AvgIpc) is 3.39. The quantitative estimate of drug-likeness (QED) is 0.333. The Morgan fingerprint density at radius 1 is 1.08 bits per heavy atom. The van der Waals surface area contributed by atoms with E-state index in [0.29, 0.717) is 32.7 Å². The van der Waals surface area contributed by atoms with Crippen molar-refractivity contribution in [2.75, 3.05) is 40.0 Å². The topological polar surface area (TPSA) is 59.1 Å². The Hall–Kier alpha value is -3.16. The second-order valence-corrected chi connectivity index (χ2v) is 10.3. The molecule has 1 aliphatic heterocycles. The van der Waals surface area contributed by atoms with Gasteiger partial charge in [0.05, 0.1) is 26.1 Å². The molecule has 1 aliphatic rings. The number of thiophene rings is 1. The molecule has 3 aromatic rings. The van der Waals surface area contributed by atoms with E-state index in [0.717, 1.165) is 28.9 Å². The maximum absolute atomic E-state index is 13.9. The molecule has 0 spiro atoms. The number of methoxy groups -OCH3 is 1. The minimum absolute atomic E-state index is 0.0235. The van der Waals surface area contributed by atoms with Crippen LogP contribution < -0.4 is 4.74 Å². The molecule has 1 unspecified atom stereocenters. The number of carbonyl (C=O) groups is 2. The van der Waals surface area contributed by atoms with Crippen molar-refractivity contribution in [1.29, 1.82) is 0 Å². The molecule has 1 aromatic heterocycles. The van der Waals surface area contributed by atoms with E-state index in [9.17, 15) is 9.59 Å². The molecular formula is C30H36N2O4S. The molecule has 4 rings (SSSR count). The number of benzene rings is 2. The molecule has 0 saturated carbocycles. The molecular weight excluding hydrogens is 484 g/mol. The van der Waals surface area contributed by atoms with Crippen LogP contribution in [0.15, 0.2) is 60.0 Å². The van der Waals surface area contributed by atoms with Crippen LogP contribution in [0, 0.1) is 6.92 Å². The van der Waals surface area contributed by atoms with Gasteiger partial charge in [-0.2, -0.15) is 0 Å². The van der Waals surface area contributed by atoms with Crippen LogP contribution in [0.5, 0.6) is 5.75 Å². The number of ether oxygens (including phenoxy) is 2. The summed E-state index contributed by atoms with van der Waals surface area (Å²) in [7, 11) is 1.62. The lowest BCUT2D eigenvalue weighted by atomic mass is 9.90. The van der Waals surface area contributed by atoms with Crippen molar-refractivity contribution in [3.05, 3.63) is 87.1 Å². The van der Waals surface area contributed by atoms with Gasteiger partial charge in [0.15, 0.2) is 0 Å². The lowest BCUT2D eigenvalue weighted by molar-refractivity contribution is -0.141. The largest absolute Gasteiger partial charge is 0.497 e. The van der Waals surface area contributed by atoms with Crippen LogP contribution in [0.2, 0.25) is 0 Å². The molecule has 2 amide bonds. The summed E-state index contributed by atoms with van der Waals surface area (Å²) in [6, 6.07) is 17.8. The van der Waals surface area contributed by atoms with E-state index in [2.05, 4.69) is 30.5 Å². The molecule has 37 heavy (non-hydrogen) atoms. The second-order valence-electron chi connectivity index (χ2n) is 9.29. The van der Waals surface area contributed by atoms with Gasteiger partial charge in [-0.15, -0.1) is 11.3 Å². The van der Waals surface area contributed by atoms with Crippen molar-refractivity contribution in [1.82, 2.24) is 9.80 Å². The van der Waals surface area contributed by atoms with Gasteiger partial charge in [-0.1, -0.05) is 36.4 Å². The highest BCUT2D eigenvalue weighted by Gasteiger charge is 2.34. The van der Waals surface area contributed by atoms with Gasteiger partial charge in [-0.25, -0.2) is 0 Å². The van der Waals surface area contributed by atoms with E-state index in [1.165, 1.54) is 10.4 Å². The Labute approximate surface area is 223 Å². The Balaban J connectivity index is 1.54. The van der Waals surface area contributed by atoms with Gasteiger partial charge in [0.2, 0.25) is 11.8 Å². The van der Waals surface area contributed by atoms with Crippen LogP contribution in [0.4, 0.5) is 0 Å². The molecule has 0 bridgehead atoms. The Morgan fingerprint density at radius 2 is 1.86 bits per heavy atom. The zero-order valence-corrected chi connectivity index (χ0v) is 22.8. The number of hydrogen-bond donors (Lipinski definition) is 0. The first kappa shape index (κ1) is 26.9. The fraction of sp³-hybridized carbons (Fsp3) is 0.400. The number of nitrogens with zero attached hydrogens (tertiary/aromatic N) is 2. The highest BCUT2D eigenvalue weighted by atomic mass is 32.1. The molecule has 0 fully saturated rings. The molecule has 0 saturated heterocycles. The SMILES string of the molecule is CCOCCCN(CC(=O)N1CCc2sccc2C1c1ccccc1C)C(=O)Cc1ccc(OC)cc1. The molecule has 196 valence electrons. The third-order valence-electron chi connectivity index (χ3n) is 6.88. The van der Waals surface area contributed by atoms with Crippen molar-refractivity contribution < 1.29 is 19.1 Å². The molecule has 7 heteroatoms. The van der Waals surface area contributed by atoms with Gasteiger partial charge in [0, 0.05) is 31.2 Å². The first-order valence-corrected chi connectivity index (χ1v) is 13.8. The average molecular weight is 521 g/mol. The number of fused-ring (bicyclic) bond motifs is 1. The van der Waals surface area contributed by atoms with Crippen LogP contribution >= 0.6 is 11.3 Å². The van der Waals surface area contributed by atoms with E-state index >= 15 is 0 Å². The maximum Gasteiger partial charge on any atom is 0.242 e. The first-order chi connectivity index (χ1) is 18.0. The summed E-state index contributed by atoms with van der Waals surface area (Å²) in [5, 5.41) is 2.11. The summed E-state index contributed by atoms with van der Waals surface area (Å²) in [6.45, 7) is 6.42. The zero-order chi connectivity index (χ0) is 26.2. The number of carbonyl (C=O) groups excluding carboxylic acids is 2. The summed E-state index contributed by atoms with van der Waals surface area (Å²) in [6.07, 6.45) is 1.76. The van der Waals surface area contributed by atoms with E-state index in [4.69, 9.17) is 9.47 Å². The zero-order valence-electron chi connectivity index (χ0n) is 21.9. The normalized spacial score (nSPS) is 14.8. The summed E-state index contributed by atoms with van der Waals surface area (Å²) < 4.78 is 10.7. The molecule has 2 aromatic carbocycles. The standard InChI is InChI=1S/C30H36N2O4S/c1-4-36-18-7-16-31(28(33)20-23-10-12-24(35-3)13-11-23)21-29(34)32-17-14-27-26(15-19-37-27)30(32)25-9-6-5-8-22(25)2/h5-6,8-13,15,19,30H,4,7,14,16-18,20-21H2,1-3H3. The predicted molar refractivity (Wildman–Crippen MR) is 147 cm³/mol. The van der Waals surface area contributed by atoms with Crippen molar-refractivity contribution in [3.63, 3.8) is 0 Å². The lowest BCUT2D eigenvalue weighted by Gasteiger charge is -2.38. The van der Waals surface area contributed by atoms with Gasteiger partial charge in [-0.05, 0) is 72.5 Å².